The molecule has 0 aliphatic carbocycles. The van der Waals surface area contributed by atoms with Gasteiger partial charge in [0.15, 0.2) is 11.5 Å². The van der Waals surface area contributed by atoms with Crippen molar-refractivity contribution in [2.45, 2.75) is 18.9 Å². The number of rotatable bonds is 5. The number of carbonyl (C=O) groups is 2. The second kappa shape index (κ2) is 9.70. The molecule has 2 aromatic carbocycles. The highest BCUT2D eigenvalue weighted by Gasteiger charge is 2.34. The number of benzene rings is 2. The van der Waals surface area contributed by atoms with E-state index in [2.05, 4.69) is 5.32 Å². The largest absolute Gasteiger partial charge is 0.497 e. The summed E-state index contributed by atoms with van der Waals surface area (Å²) in [4.78, 5) is 27.4. The molecule has 1 unspecified atom stereocenters. The van der Waals surface area contributed by atoms with Crippen LogP contribution < -0.4 is 19.5 Å². The fourth-order valence-corrected chi connectivity index (χ4v) is 4.94. The summed E-state index contributed by atoms with van der Waals surface area (Å²) in [6.07, 6.45) is 0.901. The first kappa shape index (κ1) is 21.6. The number of thioether (sulfide) groups is 1. The summed E-state index contributed by atoms with van der Waals surface area (Å²) in [5, 5.41) is 3.30. The highest BCUT2D eigenvalue weighted by molar-refractivity contribution is 7.99. The second-order valence-corrected chi connectivity index (χ2v) is 8.64. The van der Waals surface area contributed by atoms with Crippen LogP contribution in [0.4, 0.5) is 5.69 Å². The van der Waals surface area contributed by atoms with E-state index in [4.69, 9.17) is 25.8 Å². The molecule has 164 valence electrons. The normalized spacial score (nSPS) is 17.7. The molecule has 0 bridgehead atoms. The van der Waals surface area contributed by atoms with Gasteiger partial charge in [0.1, 0.15) is 11.8 Å². The van der Waals surface area contributed by atoms with E-state index >= 15 is 0 Å². The Bertz CT molecular complexity index is 969. The molecule has 1 N–H and O–H groups in total. The Morgan fingerprint density at radius 2 is 2.00 bits per heavy atom. The Labute approximate surface area is 190 Å². The lowest BCUT2D eigenvalue weighted by Gasteiger charge is -2.23. The van der Waals surface area contributed by atoms with Crippen molar-refractivity contribution in [1.82, 2.24) is 4.90 Å². The average Bonchev–Trinajstić information content (AvgIpc) is 3.14. The summed E-state index contributed by atoms with van der Waals surface area (Å²) in [7, 11) is 1.59. The van der Waals surface area contributed by atoms with Crippen LogP contribution in [0.15, 0.2) is 36.4 Å². The van der Waals surface area contributed by atoms with E-state index in [-0.39, 0.29) is 18.2 Å². The van der Waals surface area contributed by atoms with Crippen molar-refractivity contribution in [3.8, 4) is 17.2 Å². The van der Waals surface area contributed by atoms with E-state index < -0.39 is 6.04 Å². The van der Waals surface area contributed by atoms with Gasteiger partial charge in [-0.15, -0.1) is 11.8 Å². The number of hydrogen-bond donors (Lipinski definition) is 1. The molecule has 0 aromatic heterocycles. The summed E-state index contributed by atoms with van der Waals surface area (Å²) in [6.45, 7) is 1.08. The maximum absolute atomic E-state index is 13.0. The van der Waals surface area contributed by atoms with Crippen LogP contribution in [0.3, 0.4) is 0 Å². The number of fused-ring (bicyclic) bond motifs is 1. The van der Waals surface area contributed by atoms with Gasteiger partial charge in [0.25, 0.3) is 0 Å². The second-order valence-electron chi connectivity index (χ2n) is 7.23. The van der Waals surface area contributed by atoms with Crippen molar-refractivity contribution in [2.24, 2.45) is 0 Å². The van der Waals surface area contributed by atoms with Crippen LogP contribution in [0.1, 0.15) is 12.0 Å². The van der Waals surface area contributed by atoms with Gasteiger partial charge in [0, 0.05) is 17.9 Å². The fourth-order valence-electron chi connectivity index (χ4n) is 3.47. The molecular weight excluding hydrogens is 440 g/mol. The number of halogens is 1. The van der Waals surface area contributed by atoms with Gasteiger partial charge in [-0.2, -0.15) is 0 Å². The van der Waals surface area contributed by atoms with Gasteiger partial charge in [-0.25, -0.2) is 0 Å². The summed E-state index contributed by atoms with van der Waals surface area (Å²) in [5.74, 6) is 2.46. The molecule has 0 radical (unpaired) electrons. The van der Waals surface area contributed by atoms with Crippen molar-refractivity contribution >= 4 is 40.9 Å². The molecule has 2 heterocycles. The maximum atomic E-state index is 13.0. The molecule has 2 amide bonds. The molecule has 1 atom stereocenters. The Morgan fingerprint density at radius 3 is 2.77 bits per heavy atom. The van der Waals surface area contributed by atoms with Crippen LogP contribution >= 0.6 is 23.4 Å². The minimum absolute atomic E-state index is 0.128. The van der Waals surface area contributed by atoms with Gasteiger partial charge >= 0.3 is 0 Å². The van der Waals surface area contributed by atoms with E-state index in [1.165, 1.54) is 0 Å². The molecule has 31 heavy (non-hydrogen) atoms. The van der Waals surface area contributed by atoms with Crippen LogP contribution in [-0.2, 0) is 16.0 Å². The lowest BCUT2D eigenvalue weighted by molar-refractivity contribution is -0.135. The van der Waals surface area contributed by atoms with Gasteiger partial charge in [-0.05, 0) is 42.0 Å². The lowest BCUT2D eigenvalue weighted by atomic mass is 10.1. The SMILES string of the molecule is COc1ccc(NC(=O)C2CSCN2C(=O)Cc2cc(Cl)c3c(c2)OCCCO3)cc1. The summed E-state index contributed by atoms with van der Waals surface area (Å²) in [6, 6.07) is 10.1. The van der Waals surface area contributed by atoms with Crippen molar-refractivity contribution < 1.29 is 23.8 Å². The van der Waals surface area contributed by atoms with Crippen LogP contribution in [-0.4, -0.2) is 54.7 Å². The summed E-state index contributed by atoms with van der Waals surface area (Å²) < 4.78 is 16.5. The molecule has 1 fully saturated rings. The summed E-state index contributed by atoms with van der Waals surface area (Å²) >= 11 is 7.90. The van der Waals surface area contributed by atoms with Gasteiger partial charge in [0.05, 0.1) is 37.6 Å². The van der Waals surface area contributed by atoms with Crippen molar-refractivity contribution in [1.29, 1.82) is 0 Å². The standard InChI is InChI=1S/C22H23ClN2O5S/c1-28-16-5-3-15(4-6-16)24-22(27)18-12-31-13-25(18)20(26)11-14-9-17(23)21-19(10-14)29-7-2-8-30-21/h3-6,9-10,18H,2,7-8,11-13H2,1H3,(H,24,27). The zero-order valence-corrected chi connectivity index (χ0v) is 18.6. The summed E-state index contributed by atoms with van der Waals surface area (Å²) in [5.41, 5.74) is 1.38. The Kier molecular flexibility index (Phi) is 6.77. The van der Waals surface area contributed by atoms with E-state index in [0.717, 1.165) is 12.0 Å². The van der Waals surface area contributed by atoms with E-state index in [9.17, 15) is 9.59 Å². The third kappa shape index (κ3) is 5.02. The van der Waals surface area contributed by atoms with Gasteiger partial charge < -0.3 is 24.4 Å². The molecule has 2 aliphatic rings. The Morgan fingerprint density at radius 1 is 1.23 bits per heavy atom. The van der Waals surface area contributed by atoms with Crippen LogP contribution in [0, 0.1) is 0 Å². The molecule has 9 heteroatoms. The third-order valence-electron chi connectivity index (χ3n) is 5.08. The molecule has 0 spiro atoms. The number of hydrogen-bond acceptors (Lipinski definition) is 6. The molecule has 2 aromatic rings. The van der Waals surface area contributed by atoms with Crippen LogP contribution in [0.2, 0.25) is 5.02 Å². The number of anilines is 1. The predicted octanol–water partition coefficient (Wildman–Crippen LogP) is 3.59. The highest BCUT2D eigenvalue weighted by Crippen LogP contribution is 2.38. The minimum atomic E-state index is -0.532. The Balaban J connectivity index is 1.43. The molecule has 2 aliphatic heterocycles. The molecular formula is C22H23ClN2O5S. The number of ether oxygens (including phenoxy) is 3. The molecule has 0 saturated carbocycles. The minimum Gasteiger partial charge on any atom is -0.497 e. The number of carbonyl (C=O) groups excluding carboxylic acids is 2. The number of methoxy groups -OCH3 is 1. The Hall–Kier alpha value is -2.58. The first-order valence-corrected chi connectivity index (χ1v) is 11.5. The number of nitrogens with zero attached hydrogens (tertiary/aromatic N) is 1. The van der Waals surface area contributed by atoms with Crippen LogP contribution in [0.5, 0.6) is 17.2 Å². The molecule has 7 nitrogen and oxygen atoms in total. The monoisotopic (exact) mass is 462 g/mol. The first-order valence-electron chi connectivity index (χ1n) is 9.95. The van der Waals surface area contributed by atoms with E-state index in [1.807, 2.05) is 0 Å². The number of amides is 2. The van der Waals surface area contributed by atoms with E-state index in [1.54, 1.807) is 60.2 Å². The molecule has 4 rings (SSSR count). The average molecular weight is 463 g/mol. The van der Waals surface area contributed by atoms with Crippen LogP contribution in [0.25, 0.3) is 0 Å². The first-order chi connectivity index (χ1) is 15.0. The third-order valence-corrected chi connectivity index (χ3v) is 6.37. The molecule has 1 saturated heterocycles. The quantitative estimate of drug-likeness (QED) is 0.731. The van der Waals surface area contributed by atoms with Crippen molar-refractivity contribution in [2.75, 3.05) is 37.3 Å². The van der Waals surface area contributed by atoms with Crippen molar-refractivity contribution in [3.05, 3.63) is 47.0 Å². The van der Waals surface area contributed by atoms with Crippen molar-refractivity contribution in [3.63, 3.8) is 0 Å². The zero-order chi connectivity index (χ0) is 21.8. The van der Waals surface area contributed by atoms with Gasteiger partial charge in [0.2, 0.25) is 11.8 Å². The number of nitrogens with one attached hydrogen (secondary N) is 1. The van der Waals surface area contributed by atoms with Gasteiger partial charge in [-0.1, -0.05) is 11.6 Å². The zero-order valence-electron chi connectivity index (χ0n) is 17.1. The lowest BCUT2D eigenvalue weighted by Crippen LogP contribution is -2.45. The fraction of sp³-hybridized carbons (Fsp3) is 0.364. The van der Waals surface area contributed by atoms with Gasteiger partial charge in [-0.3, -0.25) is 9.59 Å². The maximum Gasteiger partial charge on any atom is 0.248 e. The van der Waals surface area contributed by atoms with E-state index in [0.29, 0.717) is 52.8 Å². The predicted molar refractivity (Wildman–Crippen MR) is 120 cm³/mol. The topological polar surface area (TPSA) is 77.1 Å². The smallest absolute Gasteiger partial charge is 0.248 e. The highest BCUT2D eigenvalue weighted by atomic mass is 35.5.